The lowest BCUT2D eigenvalue weighted by molar-refractivity contribution is 0.276. The average molecular weight is 184 g/mol. The molecule has 12 heavy (non-hydrogen) atoms. The van der Waals surface area contributed by atoms with Gasteiger partial charge in [0.1, 0.15) is 4.64 Å². The van der Waals surface area contributed by atoms with Gasteiger partial charge in [-0.15, -0.1) is 0 Å². The molecule has 1 aromatic rings. The van der Waals surface area contributed by atoms with Gasteiger partial charge in [-0.05, 0) is 12.5 Å². The van der Waals surface area contributed by atoms with E-state index in [1.807, 2.05) is 12.1 Å². The summed E-state index contributed by atoms with van der Waals surface area (Å²) in [5, 5.41) is 8.66. The van der Waals surface area contributed by atoms with E-state index in [1.54, 1.807) is 6.20 Å². The van der Waals surface area contributed by atoms with Gasteiger partial charge in [0.15, 0.2) is 0 Å². The number of aliphatic hydroxyl groups excluding tert-OH is 1. The molecular weight excluding hydrogens is 172 g/mol. The van der Waals surface area contributed by atoms with Crippen LogP contribution in [0.25, 0.3) is 0 Å². The minimum Gasteiger partial charge on any atom is -0.396 e. The molecule has 0 amide bonds. The summed E-state index contributed by atoms with van der Waals surface area (Å²) in [5.41, 5.74) is 6.65. The van der Waals surface area contributed by atoms with E-state index in [4.69, 9.17) is 23.1 Å². The van der Waals surface area contributed by atoms with Crippen LogP contribution in [0.5, 0.6) is 0 Å². The van der Waals surface area contributed by atoms with Crippen molar-refractivity contribution in [3.05, 3.63) is 28.5 Å². The molecule has 0 aliphatic heterocycles. The predicted octanol–water partition coefficient (Wildman–Crippen LogP) is 1.13. The maximum absolute atomic E-state index is 8.66. The zero-order chi connectivity index (χ0) is 8.97. The van der Waals surface area contributed by atoms with Crippen LogP contribution in [-0.4, -0.2) is 16.7 Å². The van der Waals surface area contributed by atoms with Gasteiger partial charge in [-0.25, -0.2) is 0 Å². The summed E-state index contributed by atoms with van der Waals surface area (Å²) in [4.78, 5) is 2.89. The van der Waals surface area contributed by atoms with E-state index in [1.165, 1.54) is 0 Å². The van der Waals surface area contributed by atoms with Crippen molar-refractivity contribution in [2.75, 3.05) is 6.61 Å². The molecule has 0 unspecified atom stereocenters. The van der Waals surface area contributed by atoms with Crippen LogP contribution in [0.2, 0.25) is 0 Å². The van der Waals surface area contributed by atoms with Gasteiger partial charge in [0.05, 0.1) is 0 Å². The zero-order valence-electron chi connectivity index (χ0n) is 6.66. The van der Waals surface area contributed by atoms with Crippen LogP contribution in [0.3, 0.4) is 0 Å². The topological polar surface area (TPSA) is 62.0 Å². The van der Waals surface area contributed by atoms with E-state index < -0.39 is 0 Å². The number of rotatable bonds is 3. The van der Waals surface area contributed by atoms with Crippen LogP contribution in [0.4, 0.5) is 0 Å². The van der Waals surface area contributed by atoms with Crippen molar-refractivity contribution in [3.63, 3.8) is 0 Å². The highest BCUT2D eigenvalue weighted by Gasteiger charge is 2.05. The zero-order valence-corrected chi connectivity index (χ0v) is 7.47. The Morgan fingerprint density at radius 2 is 2.42 bits per heavy atom. The first-order valence-corrected chi connectivity index (χ1v) is 4.20. The number of pyridine rings is 1. The summed E-state index contributed by atoms with van der Waals surface area (Å²) in [6.45, 7) is 0.0881. The second kappa shape index (κ2) is 4.35. The standard InChI is InChI=1S/C8H12N2OS/c9-7(3-5-11)6-2-1-4-10-8(6)12/h1-2,4,7,11H,3,5,9H2,(H,10,12)/t7-/m1/s1. The molecule has 1 rings (SSSR count). The second-order valence-corrected chi connectivity index (χ2v) is 2.98. The van der Waals surface area contributed by atoms with Gasteiger partial charge in [0, 0.05) is 24.4 Å². The largest absolute Gasteiger partial charge is 0.396 e. The molecule has 0 aliphatic rings. The van der Waals surface area contributed by atoms with E-state index in [0.717, 1.165) is 5.56 Å². The lowest BCUT2D eigenvalue weighted by Crippen LogP contribution is -2.12. The molecule has 0 radical (unpaired) electrons. The SMILES string of the molecule is N[C@H](CCO)c1ccc[nH]c1=S. The predicted molar refractivity (Wildman–Crippen MR) is 50.3 cm³/mol. The van der Waals surface area contributed by atoms with Crippen molar-refractivity contribution >= 4 is 12.2 Å². The van der Waals surface area contributed by atoms with Crippen LogP contribution in [0, 0.1) is 4.64 Å². The lowest BCUT2D eigenvalue weighted by Gasteiger charge is -2.09. The Labute approximate surface area is 76.2 Å². The molecule has 0 spiro atoms. The number of nitrogens with one attached hydrogen (secondary N) is 1. The van der Waals surface area contributed by atoms with Gasteiger partial charge >= 0.3 is 0 Å². The molecule has 1 heterocycles. The van der Waals surface area contributed by atoms with Crippen LogP contribution >= 0.6 is 12.2 Å². The third-order valence-electron chi connectivity index (χ3n) is 1.69. The fraction of sp³-hybridized carbons (Fsp3) is 0.375. The van der Waals surface area contributed by atoms with E-state index in [9.17, 15) is 0 Å². The van der Waals surface area contributed by atoms with Gasteiger partial charge in [-0.3, -0.25) is 0 Å². The molecule has 0 fully saturated rings. The average Bonchev–Trinajstić information content (AvgIpc) is 2.05. The van der Waals surface area contributed by atoms with Crippen molar-refractivity contribution in [2.45, 2.75) is 12.5 Å². The smallest absolute Gasteiger partial charge is 0.108 e. The first-order chi connectivity index (χ1) is 5.75. The van der Waals surface area contributed by atoms with Crippen LogP contribution in [0.15, 0.2) is 18.3 Å². The summed E-state index contributed by atoms with van der Waals surface area (Å²) in [7, 11) is 0. The summed E-state index contributed by atoms with van der Waals surface area (Å²) < 4.78 is 0.651. The first kappa shape index (κ1) is 9.38. The Bertz CT molecular complexity index is 297. The number of H-pyrrole nitrogens is 1. The van der Waals surface area contributed by atoms with E-state index >= 15 is 0 Å². The number of aliphatic hydroxyl groups is 1. The quantitative estimate of drug-likeness (QED) is 0.617. The molecule has 1 aromatic heterocycles. The molecule has 0 aromatic carbocycles. The molecule has 4 heteroatoms. The molecule has 3 nitrogen and oxygen atoms in total. The Morgan fingerprint density at radius 1 is 1.67 bits per heavy atom. The highest BCUT2D eigenvalue weighted by Crippen LogP contribution is 2.12. The van der Waals surface area contributed by atoms with Gasteiger partial charge in [0.2, 0.25) is 0 Å². The van der Waals surface area contributed by atoms with Crippen molar-refractivity contribution < 1.29 is 5.11 Å². The summed E-state index contributed by atoms with van der Waals surface area (Å²) in [6, 6.07) is 3.56. The molecule has 1 atom stereocenters. The lowest BCUT2D eigenvalue weighted by atomic mass is 10.1. The van der Waals surface area contributed by atoms with E-state index in [-0.39, 0.29) is 12.6 Å². The Morgan fingerprint density at radius 3 is 3.00 bits per heavy atom. The minimum absolute atomic E-state index is 0.0881. The molecule has 0 saturated heterocycles. The molecule has 0 bridgehead atoms. The summed E-state index contributed by atoms with van der Waals surface area (Å²) in [5.74, 6) is 0. The van der Waals surface area contributed by atoms with Crippen molar-refractivity contribution in [3.8, 4) is 0 Å². The van der Waals surface area contributed by atoms with Crippen LogP contribution < -0.4 is 5.73 Å². The number of aromatic nitrogens is 1. The first-order valence-electron chi connectivity index (χ1n) is 3.79. The number of hydrogen-bond acceptors (Lipinski definition) is 3. The monoisotopic (exact) mass is 184 g/mol. The normalized spacial score (nSPS) is 12.8. The van der Waals surface area contributed by atoms with E-state index in [0.29, 0.717) is 11.1 Å². The van der Waals surface area contributed by atoms with Gasteiger partial charge in [-0.1, -0.05) is 18.3 Å². The highest BCUT2D eigenvalue weighted by molar-refractivity contribution is 7.71. The van der Waals surface area contributed by atoms with Crippen molar-refractivity contribution in [1.29, 1.82) is 0 Å². The molecule has 66 valence electrons. The van der Waals surface area contributed by atoms with Gasteiger partial charge in [-0.2, -0.15) is 0 Å². The molecule has 0 aliphatic carbocycles. The van der Waals surface area contributed by atoms with Crippen molar-refractivity contribution in [2.24, 2.45) is 5.73 Å². The molecular formula is C8H12N2OS. The van der Waals surface area contributed by atoms with Crippen LogP contribution in [0.1, 0.15) is 18.0 Å². The Kier molecular flexibility index (Phi) is 3.40. The number of hydrogen-bond donors (Lipinski definition) is 3. The van der Waals surface area contributed by atoms with Gasteiger partial charge in [0.25, 0.3) is 0 Å². The molecule has 0 saturated carbocycles. The fourth-order valence-electron chi connectivity index (χ4n) is 1.02. The van der Waals surface area contributed by atoms with Gasteiger partial charge < -0.3 is 15.8 Å². The third-order valence-corrected chi connectivity index (χ3v) is 2.04. The Hall–Kier alpha value is -0.710. The Balaban J connectivity index is 2.87. The second-order valence-electron chi connectivity index (χ2n) is 2.57. The highest BCUT2D eigenvalue weighted by atomic mass is 32.1. The summed E-state index contributed by atoms with van der Waals surface area (Å²) in [6.07, 6.45) is 2.30. The van der Waals surface area contributed by atoms with Crippen molar-refractivity contribution in [1.82, 2.24) is 4.98 Å². The number of aromatic amines is 1. The summed E-state index contributed by atoms with van der Waals surface area (Å²) >= 11 is 5.03. The third kappa shape index (κ3) is 2.14. The number of nitrogens with two attached hydrogens (primary N) is 1. The van der Waals surface area contributed by atoms with E-state index in [2.05, 4.69) is 4.98 Å². The molecule has 4 N–H and O–H groups in total. The fourth-order valence-corrected chi connectivity index (χ4v) is 1.31. The minimum atomic E-state index is -0.167. The maximum atomic E-state index is 8.66. The maximum Gasteiger partial charge on any atom is 0.108 e. The van der Waals surface area contributed by atoms with Crippen LogP contribution in [-0.2, 0) is 0 Å².